The van der Waals surface area contributed by atoms with Gasteiger partial charge in [-0.05, 0) is 57.7 Å². The van der Waals surface area contributed by atoms with E-state index in [2.05, 4.69) is 35.6 Å². The van der Waals surface area contributed by atoms with Crippen LogP contribution in [0.5, 0.6) is 0 Å². The Labute approximate surface area is 215 Å². The van der Waals surface area contributed by atoms with Gasteiger partial charge in [0.05, 0.1) is 5.52 Å². The summed E-state index contributed by atoms with van der Waals surface area (Å²) in [5.41, 5.74) is 3.30. The molecule has 0 unspecified atom stereocenters. The average molecular weight is 498 g/mol. The zero-order chi connectivity index (χ0) is 26.2. The monoisotopic (exact) mass is 497 g/mol. The van der Waals surface area contributed by atoms with E-state index in [0.717, 1.165) is 60.7 Å². The maximum Gasteiger partial charge on any atom is 0.245 e. The fraction of sp³-hybridized carbons (Fsp3) is 0.643. The van der Waals surface area contributed by atoms with Gasteiger partial charge < -0.3 is 15.5 Å². The molecule has 0 saturated heterocycles. The highest BCUT2D eigenvalue weighted by molar-refractivity contribution is 6.06. The van der Waals surface area contributed by atoms with Crippen molar-refractivity contribution in [3.05, 3.63) is 23.4 Å². The number of amides is 2. The highest BCUT2D eigenvalue weighted by Crippen LogP contribution is 2.30. The number of rotatable bonds is 5. The highest BCUT2D eigenvalue weighted by atomic mass is 16.2. The first-order valence-electron chi connectivity index (χ1n) is 13.5. The largest absolute Gasteiger partial charge is 0.383 e. The van der Waals surface area contributed by atoms with Crippen LogP contribution in [0.3, 0.4) is 0 Å². The van der Waals surface area contributed by atoms with Crippen LogP contribution in [0.25, 0.3) is 10.9 Å². The summed E-state index contributed by atoms with van der Waals surface area (Å²) in [4.78, 5) is 40.3. The number of hydrogen-bond acceptors (Lipinski definition) is 5. The summed E-state index contributed by atoms with van der Waals surface area (Å²) in [5, 5.41) is 11.6. The molecule has 0 radical (unpaired) electrons. The third-order valence-corrected chi connectivity index (χ3v) is 7.01. The molecule has 0 bridgehead atoms. The van der Waals surface area contributed by atoms with Gasteiger partial charge in [0.15, 0.2) is 5.78 Å². The van der Waals surface area contributed by atoms with Gasteiger partial charge in [0, 0.05) is 37.6 Å². The van der Waals surface area contributed by atoms with Crippen LogP contribution < -0.4 is 10.6 Å². The molecule has 1 aromatic carbocycles. The predicted octanol–water partition coefficient (Wildman–Crippen LogP) is 4.70. The average Bonchev–Trinajstić information content (AvgIpc) is 3.18. The molecule has 0 fully saturated rings. The van der Waals surface area contributed by atoms with Crippen LogP contribution in [-0.4, -0.2) is 58.0 Å². The lowest BCUT2D eigenvalue weighted by molar-refractivity contribution is -0.140. The molecule has 2 aromatic rings. The van der Waals surface area contributed by atoms with Crippen molar-refractivity contribution in [2.75, 3.05) is 18.9 Å². The molecule has 36 heavy (non-hydrogen) atoms. The number of aryl methyl sites for hydroxylation is 1. The van der Waals surface area contributed by atoms with E-state index in [4.69, 9.17) is 0 Å². The summed E-state index contributed by atoms with van der Waals surface area (Å²) in [6.07, 6.45) is 9.75. The molecule has 0 saturated carbocycles. The van der Waals surface area contributed by atoms with Crippen molar-refractivity contribution in [2.24, 2.45) is 0 Å². The van der Waals surface area contributed by atoms with Gasteiger partial charge in [-0.15, -0.1) is 0 Å². The maximum atomic E-state index is 13.6. The van der Waals surface area contributed by atoms with Crippen molar-refractivity contribution in [1.82, 2.24) is 20.0 Å². The summed E-state index contributed by atoms with van der Waals surface area (Å²) in [5.74, 6) is -0.467. The Hall–Kier alpha value is -2.90. The number of likely N-dealkylation sites (N-methyl/N-ethyl adjacent to an activating group) is 1. The Morgan fingerprint density at radius 1 is 0.972 bits per heavy atom. The summed E-state index contributed by atoms with van der Waals surface area (Å²) >= 11 is 0. The van der Waals surface area contributed by atoms with Crippen LogP contribution in [0.2, 0.25) is 0 Å². The molecule has 8 heteroatoms. The number of carbonyl (C=O) groups excluding carboxylic acids is 3. The van der Waals surface area contributed by atoms with E-state index in [-0.39, 0.29) is 30.2 Å². The second-order valence-electron chi connectivity index (χ2n) is 10.3. The van der Waals surface area contributed by atoms with Crippen molar-refractivity contribution >= 4 is 34.2 Å². The van der Waals surface area contributed by atoms with Crippen molar-refractivity contribution in [2.45, 2.75) is 104 Å². The van der Waals surface area contributed by atoms with E-state index < -0.39 is 6.04 Å². The zero-order valence-electron chi connectivity index (χ0n) is 22.7. The maximum absolute atomic E-state index is 13.6. The lowest BCUT2D eigenvalue weighted by atomic mass is 10.00. The van der Waals surface area contributed by atoms with Gasteiger partial charge in [-0.2, -0.15) is 5.10 Å². The fourth-order valence-corrected chi connectivity index (χ4v) is 5.15. The lowest BCUT2D eigenvalue weighted by Crippen LogP contribution is -2.48. The molecule has 0 aliphatic carbocycles. The predicted molar refractivity (Wildman–Crippen MR) is 144 cm³/mol. The molecule has 3 rings (SSSR count). The Kier molecular flexibility index (Phi) is 9.90. The van der Waals surface area contributed by atoms with Crippen LogP contribution in [-0.2, 0) is 22.6 Å². The van der Waals surface area contributed by atoms with E-state index >= 15 is 0 Å². The van der Waals surface area contributed by atoms with Gasteiger partial charge in [-0.25, -0.2) is 0 Å². The fourth-order valence-electron chi connectivity index (χ4n) is 5.15. The van der Waals surface area contributed by atoms with Crippen molar-refractivity contribution < 1.29 is 14.4 Å². The first kappa shape index (κ1) is 27.7. The van der Waals surface area contributed by atoms with Crippen LogP contribution in [0.1, 0.15) is 95.1 Å². The SMILES string of the molecule is CNC(=O)[C@H](C)N1CCCCCCCCCCc2cc(NC(C)C)cc3c(C(C)=O)nn(c23)CC1=O. The molecule has 8 nitrogen and oxygen atoms in total. The van der Waals surface area contributed by atoms with Gasteiger partial charge in [0.2, 0.25) is 11.8 Å². The molecule has 198 valence electrons. The number of nitrogens with zero attached hydrogens (tertiary/aromatic N) is 3. The summed E-state index contributed by atoms with van der Waals surface area (Å²) in [6, 6.07) is 3.80. The summed E-state index contributed by atoms with van der Waals surface area (Å²) in [7, 11) is 1.59. The minimum absolute atomic E-state index is 0.00489. The van der Waals surface area contributed by atoms with Crippen molar-refractivity contribution in [3.63, 3.8) is 0 Å². The third-order valence-electron chi connectivity index (χ3n) is 7.01. The molecule has 1 aliphatic heterocycles. The van der Waals surface area contributed by atoms with E-state index in [1.165, 1.54) is 26.2 Å². The quantitative estimate of drug-likeness (QED) is 0.584. The van der Waals surface area contributed by atoms with E-state index in [1.807, 2.05) is 6.07 Å². The zero-order valence-corrected chi connectivity index (χ0v) is 22.7. The molecule has 2 amide bonds. The van der Waals surface area contributed by atoms with Crippen LogP contribution in [0.15, 0.2) is 12.1 Å². The highest BCUT2D eigenvalue weighted by Gasteiger charge is 2.27. The molecule has 1 aromatic heterocycles. The van der Waals surface area contributed by atoms with E-state index in [0.29, 0.717) is 12.2 Å². The summed E-state index contributed by atoms with van der Waals surface area (Å²) < 4.78 is 1.69. The van der Waals surface area contributed by atoms with Crippen molar-refractivity contribution in [3.8, 4) is 0 Å². The van der Waals surface area contributed by atoms with E-state index in [1.54, 1.807) is 23.6 Å². The smallest absolute Gasteiger partial charge is 0.245 e. The first-order chi connectivity index (χ1) is 17.2. The molecule has 1 aliphatic rings. The topological polar surface area (TPSA) is 96.3 Å². The van der Waals surface area contributed by atoms with Gasteiger partial charge in [0.25, 0.3) is 0 Å². The van der Waals surface area contributed by atoms with E-state index in [9.17, 15) is 14.4 Å². The Bertz CT molecular complexity index is 1070. The number of Topliss-reactive ketones (excluding diaryl/α,β-unsaturated/α-hetero) is 1. The van der Waals surface area contributed by atoms with Gasteiger partial charge in [-0.1, -0.05) is 38.5 Å². The molecule has 2 N–H and O–H groups in total. The number of carbonyl (C=O) groups is 3. The normalized spacial score (nSPS) is 17.3. The third kappa shape index (κ3) is 6.86. The summed E-state index contributed by atoms with van der Waals surface area (Å²) in [6.45, 7) is 7.99. The van der Waals surface area contributed by atoms with Crippen molar-refractivity contribution in [1.29, 1.82) is 0 Å². The molecule has 1 atom stereocenters. The number of benzene rings is 1. The molecular weight excluding hydrogens is 454 g/mol. The lowest BCUT2D eigenvalue weighted by Gasteiger charge is -2.28. The number of anilines is 1. The molecular formula is C28H43N5O3. The van der Waals surface area contributed by atoms with Crippen LogP contribution in [0.4, 0.5) is 5.69 Å². The number of ketones is 1. The number of hydrogen-bond donors (Lipinski definition) is 2. The standard InChI is InChI=1S/C28H43N5O3/c1-19(2)30-23-16-22-14-12-10-8-6-7-9-11-13-15-32(20(3)28(36)29-5)25(35)18-33-27(22)24(17-23)26(31-33)21(4)34/h16-17,19-20,30H,6-15,18H2,1-5H3,(H,29,36)/t20-/m0/s1. The van der Waals surface area contributed by atoms with Gasteiger partial charge >= 0.3 is 0 Å². The number of aromatic nitrogens is 2. The minimum atomic E-state index is -0.572. The molecule has 0 spiro atoms. The second-order valence-corrected chi connectivity index (χ2v) is 10.3. The Balaban J connectivity index is 2.09. The second kappa shape index (κ2) is 12.9. The van der Waals surface area contributed by atoms with Gasteiger partial charge in [-0.3, -0.25) is 19.1 Å². The Morgan fingerprint density at radius 2 is 1.61 bits per heavy atom. The van der Waals surface area contributed by atoms with Crippen LogP contribution in [0, 0.1) is 0 Å². The Morgan fingerprint density at radius 3 is 2.22 bits per heavy atom. The first-order valence-corrected chi connectivity index (χ1v) is 13.5. The minimum Gasteiger partial charge on any atom is -0.383 e. The van der Waals surface area contributed by atoms with Crippen LogP contribution >= 0.6 is 0 Å². The number of nitrogens with one attached hydrogen (secondary N) is 2. The molecule has 2 heterocycles. The van der Waals surface area contributed by atoms with Gasteiger partial charge in [0.1, 0.15) is 18.3 Å².